The number of aryl methyl sites for hydroxylation is 1. The minimum Gasteiger partial charge on any atom is -0.346 e. The van der Waals surface area contributed by atoms with E-state index in [2.05, 4.69) is 25.2 Å². The van der Waals surface area contributed by atoms with Gasteiger partial charge < -0.3 is 15.2 Å². The number of carbonyl (C=O) groups is 1. The van der Waals surface area contributed by atoms with Gasteiger partial charge >= 0.3 is 6.18 Å². The number of nitrogens with one attached hydrogen (secondary N) is 2. The summed E-state index contributed by atoms with van der Waals surface area (Å²) in [6, 6.07) is 12.8. The quantitative estimate of drug-likeness (QED) is 0.314. The van der Waals surface area contributed by atoms with Gasteiger partial charge in [-0.05, 0) is 61.5 Å². The van der Waals surface area contributed by atoms with Crippen molar-refractivity contribution < 1.29 is 18.0 Å². The molecule has 10 heteroatoms. The average Bonchev–Trinajstić information content (AvgIpc) is 3.39. The van der Waals surface area contributed by atoms with E-state index in [1.54, 1.807) is 36.8 Å². The molecule has 39 heavy (non-hydrogen) atoms. The van der Waals surface area contributed by atoms with Gasteiger partial charge in [0.1, 0.15) is 5.65 Å². The Bertz CT molecular complexity index is 1520. The van der Waals surface area contributed by atoms with Gasteiger partial charge in [-0.3, -0.25) is 14.7 Å². The van der Waals surface area contributed by atoms with E-state index in [4.69, 9.17) is 0 Å². The van der Waals surface area contributed by atoms with Crippen LogP contribution in [0.3, 0.4) is 0 Å². The van der Waals surface area contributed by atoms with Crippen LogP contribution >= 0.6 is 0 Å². The summed E-state index contributed by atoms with van der Waals surface area (Å²) in [6.45, 7) is 5.14. The second-order valence-electron chi connectivity index (χ2n) is 9.80. The number of H-pyrrole nitrogens is 1. The number of amides is 1. The van der Waals surface area contributed by atoms with Crippen molar-refractivity contribution in [1.29, 1.82) is 0 Å². The zero-order chi connectivity index (χ0) is 27.6. The zero-order valence-electron chi connectivity index (χ0n) is 21.7. The molecule has 2 aromatic carbocycles. The van der Waals surface area contributed by atoms with Crippen molar-refractivity contribution in [2.24, 2.45) is 4.99 Å². The number of halogens is 3. The molecular weight excluding hydrogens is 505 g/mol. The Hall–Kier alpha value is -4.02. The SMILES string of the molecule is Cc1ccc(C(=O)Nc2ccc(CN3CCN(C)CC3)c(C(F)(F)F)c2)cc1N=Cc1ccnc2[nH]ccc12. The molecule has 5 rings (SSSR count). The Morgan fingerprint density at radius 2 is 1.90 bits per heavy atom. The van der Waals surface area contributed by atoms with Gasteiger partial charge in [0.05, 0.1) is 11.3 Å². The average molecular weight is 535 g/mol. The lowest BCUT2D eigenvalue weighted by Crippen LogP contribution is -2.44. The highest BCUT2D eigenvalue weighted by Crippen LogP contribution is 2.35. The number of hydrogen-bond donors (Lipinski definition) is 2. The topological polar surface area (TPSA) is 76.6 Å². The Kier molecular flexibility index (Phi) is 7.49. The number of carbonyl (C=O) groups excluding carboxylic acids is 1. The van der Waals surface area contributed by atoms with Crippen LogP contribution in [0.5, 0.6) is 0 Å². The molecule has 202 valence electrons. The summed E-state index contributed by atoms with van der Waals surface area (Å²) in [4.78, 5) is 29.1. The Labute approximate surface area is 224 Å². The van der Waals surface area contributed by atoms with E-state index in [1.807, 2.05) is 31.0 Å². The largest absolute Gasteiger partial charge is 0.416 e. The first-order valence-electron chi connectivity index (χ1n) is 12.7. The van der Waals surface area contributed by atoms with Gasteiger partial charge in [-0.15, -0.1) is 0 Å². The predicted molar refractivity (Wildman–Crippen MR) is 147 cm³/mol. The highest BCUT2D eigenvalue weighted by molar-refractivity contribution is 6.05. The lowest BCUT2D eigenvalue weighted by Gasteiger charge is -2.33. The molecular formula is C29H29F3N6O. The molecule has 0 spiro atoms. The van der Waals surface area contributed by atoms with Crippen molar-refractivity contribution in [1.82, 2.24) is 19.8 Å². The van der Waals surface area contributed by atoms with E-state index in [-0.39, 0.29) is 17.8 Å². The molecule has 0 aliphatic carbocycles. The van der Waals surface area contributed by atoms with Crippen LogP contribution in [0.25, 0.3) is 11.0 Å². The maximum Gasteiger partial charge on any atom is 0.416 e. The van der Waals surface area contributed by atoms with Crippen LogP contribution in [-0.4, -0.2) is 65.1 Å². The van der Waals surface area contributed by atoms with Crippen molar-refractivity contribution in [2.45, 2.75) is 19.6 Å². The number of fused-ring (bicyclic) bond motifs is 1. The molecule has 1 amide bonds. The van der Waals surface area contributed by atoms with Crippen molar-refractivity contribution in [3.05, 3.63) is 88.7 Å². The van der Waals surface area contributed by atoms with Gasteiger partial charge in [0.25, 0.3) is 5.91 Å². The highest BCUT2D eigenvalue weighted by Gasteiger charge is 2.34. The minimum atomic E-state index is -4.54. The van der Waals surface area contributed by atoms with Gasteiger partial charge in [-0.25, -0.2) is 4.98 Å². The first kappa shape index (κ1) is 26.6. The Balaban J connectivity index is 1.34. The summed E-state index contributed by atoms with van der Waals surface area (Å²) in [5.41, 5.74) is 2.91. The van der Waals surface area contributed by atoms with Crippen LogP contribution in [0.2, 0.25) is 0 Å². The van der Waals surface area contributed by atoms with Crippen molar-refractivity contribution in [2.75, 3.05) is 38.5 Å². The number of rotatable bonds is 6. The van der Waals surface area contributed by atoms with Crippen molar-refractivity contribution in [3.8, 4) is 0 Å². The molecule has 0 bridgehead atoms. The molecule has 2 N–H and O–H groups in total. The molecule has 0 unspecified atom stereocenters. The number of aromatic amines is 1. The van der Waals surface area contributed by atoms with E-state index in [0.29, 0.717) is 24.3 Å². The number of anilines is 1. The smallest absolute Gasteiger partial charge is 0.346 e. The molecule has 1 aliphatic heterocycles. The van der Waals surface area contributed by atoms with E-state index in [1.165, 1.54) is 12.1 Å². The molecule has 2 aromatic heterocycles. The summed E-state index contributed by atoms with van der Waals surface area (Å²) in [5, 5.41) is 3.55. The van der Waals surface area contributed by atoms with Crippen LogP contribution in [-0.2, 0) is 12.7 Å². The minimum absolute atomic E-state index is 0.0896. The summed E-state index contributed by atoms with van der Waals surface area (Å²) in [5.74, 6) is -0.511. The third kappa shape index (κ3) is 6.18. The second kappa shape index (κ2) is 11.0. The standard InChI is InChI=1S/C29H29F3N6O/c1-19-3-4-20(15-26(19)35-17-21-7-9-33-27-24(21)8-10-34-27)28(39)36-23-6-5-22(25(16-23)29(30,31)32)18-38-13-11-37(2)12-14-38/h3-10,15-17H,11-14,18H2,1-2H3,(H,33,34)(H,36,39). The van der Waals surface area contributed by atoms with Crippen molar-refractivity contribution in [3.63, 3.8) is 0 Å². The van der Waals surface area contributed by atoms with Gasteiger partial charge in [-0.2, -0.15) is 13.2 Å². The molecule has 0 saturated carbocycles. The zero-order valence-corrected chi connectivity index (χ0v) is 21.7. The number of pyridine rings is 1. The lowest BCUT2D eigenvalue weighted by molar-refractivity contribution is -0.138. The lowest BCUT2D eigenvalue weighted by atomic mass is 10.0. The fraction of sp³-hybridized carbons (Fsp3) is 0.276. The van der Waals surface area contributed by atoms with Gasteiger partial charge in [0.2, 0.25) is 0 Å². The van der Waals surface area contributed by atoms with E-state index in [0.717, 1.165) is 41.3 Å². The van der Waals surface area contributed by atoms with E-state index in [9.17, 15) is 18.0 Å². The summed E-state index contributed by atoms with van der Waals surface area (Å²) in [7, 11) is 2.00. The molecule has 1 saturated heterocycles. The summed E-state index contributed by atoms with van der Waals surface area (Å²) < 4.78 is 41.8. The fourth-order valence-electron chi connectivity index (χ4n) is 4.63. The molecule has 3 heterocycles. The first-order chi connectivity index (χ1) is 18.7. The second-order valence-corrected chi connectivity index (χ2v) is 9.80. The monoisotopic (exact) mass is 534 g/mol. The third-order valence-corrected chi connectivity index (χ3v) is 6.97. The van der Waals surface area contributed by atoms with Crippen molar-refractivity contribution >= 4 is 34.5 Å². The maximum absolute atomic E-state index is 13.9. The fourth-order valence-corrected chi connectivity index (χ4v) is 4.63. The number of benzene rings is 2. The first-order valence-corrected chi connectivity index (χ1v) is 12.7. The van der Waals surface area contributed by atoms with E-state index >= 15 is 0 Å². The third-order valence-electron chi connectivity index (χ3n) is 6.97. The number of nitrogens with zero attached hydrogens (tertiary/aromatic N) is 4. The molecule has 1 aliphatic rings. The number of likely N-dealkylation sites (N-methyl/N-ethyl adjacent to an activating group) is 1. The maximum atomic E-state index is 13.9. The van der Waals surface area contributed by atoms with Crippen LogP contribution in [0.1, 0.15) is 32.6 Å². The highest BCUT2D eigenvalue weighted by atomic mass is 19.4. The Morgan fingerprint density at radius 1 is 1.10 bits per heavy atom. The van der Waals surface area contributed by atoms with Gasteiger partial charge in [0, 0.05) is 73.5 Å². The number of aliphatic imine (C=N–C) groups is 1. The van der Waals surface area contributed by atoms with Crippen LogP contribution in [0, 0.1) is 6.92 Å². The van der Waals surface area contributed by atoms with Gasteiger partial charge in [-0.1, -0.05) is 12.1 Å². The summed E-state index contributed by atoms with van der Waals surface area (Å²) in [6.07, 6.45) is 0.652. The number of piperazine rings is 1. The van der Waals surface area contributed by atoms with Gasteiger partial charge in [0.15, 0.2) is 0 Å². The number of aromatic nitrogens is 2. The van der Waals surface area contributed by atoms with Crippen LogP contribution < -0.4 is 5.32 Å². The van der Waals surface area contributed by atoms with Crippen LogP contribution in [0.4, 0.5) is 24.5 Å². The van der Waals surface area contributed by atoms with Crippen LogP contribution in [0.15, 0.2) is 65.9 Å². The van der Waals surface area contributed by atoms with E-state index < -0.39 is 17.6 Å². The number of hydrogen-bond acceptors (Lipinski definition) is 5. The number of alkyl halides is 3. The molecule has 7 nitrogen and oxygen atoms in total. The Morgan fingerprint density at radius 3 is 2.67 bits per heavy atom. The summed E-state index contributed by atoms with van der Waals surface area (Å²) >= 11 is 0. The molecule has 0 atom stereocenters. The molecule has 1 fully saturated rings. The molecule has 4 aromatic rings. The predicted octanol–water partition coefficient (Wildman–Crippen LogP) is 5.64. The molecule has 0 radical (unpaired) electrons. The normalized spacial score (nSPS) is 15.3.